The Morgan fingerprint density at radius 1 is 1.04 bits per heavy atom. The quantitative estimate of drug-likeness (QED) is 0.478. The molecular weight excluding hydrogens is 357 g/mol. The van der Waals surface area contributed by atoms with E-state index in [0.29, 0.717) is 24.1 Å². The Bertz CT molecular complexity index is 1080. The van der Waals surface area contributed by atoms with Crippen molar-refractivity contribution >= 4 is 17.0 Å². The van der Waals surface area contributed by atoms with Crippen LogP contribution in [0.2, 0.25) is 0 Å². The molecule has 2 heterocycles. The first kappa shape index (κ1) is 17.9. The average Bonchev–Trinajstić information content (AvgIpc) is 3.02. The smallest absolute Gasteiger partial charge is 0.225 e. The highest BCUT2D eigenvalue weighted by Gasteiger charge is 2.06. The van der Waals surface area contributed by atoms with Crippen molar-refractivity contribution in [3.63, 3.8) is 0 Å². The van der Waals surface area contributed by atoms with Gasteiger partial charge in [-0.2, -0.15) is 4.98 Å². The lowest BCUT2D eigenvalue weighted by Gasteiger charge is -2.09. The zero-order chi connectivity index (χ0) is 19.3. The van der Waals surface area contributed by atoms with Crippen LogP contribution in [0.1, 0.15) is 12.2 Å². The topological polar surface area (TPSA) is 64.9 Å². The van der Waals surface area contributed by atoms with Gasteiger partial charge in [0.05, 0.1) is 11.0 Å². The van der Waals surface area contributed by atoms with Crippen LogP contribution in [0.5, 0.6) is 11.6 Å². The molecule has 0 spiro atoms. The number of fused-ring (bicyclic) bond motifs is 1. The molecule has 28 heavy (non-hydrogen) atoms. The summed E-state index contributed by atoms with van der Waals surface area (Å²) >= 11 is 0. The Labute approximate surface area is 162 Å². The molecule has 0 bridgehead atoms. The van der Waals surface area contributed by atoms with Crippen LogP contribution in [0.3, 0.4) is 0 Å². The number of rotatable bonds is 7. The van der Waals surface area contributed by atoms with Gasteiger partial charge in [0.15, 0.2) is 0 Å². The van der Waals surface area contributed by atoms with Crippen molar-refractivity contribution in [2.24, 2.45) is 0 Å². The number of anilines is 1. The predicted octanol–water partition coefficient (Wildman–Crippen LogP) is 4.57. The number of halogens is 1. The standard InChI is InChI=1S/C21H20FN5O/c1-15-25-18-5-2-3-6-19(18)27(15)14-4-12-23-21-24-13-11-20(26-21)28-17-9-7-16(22)8-10-17/h2-3,5-11,13H,4,12,14H2,1H3,(H,23,24,26). The van der Waals surface area contributed by atoms with Gasteiger partial charge < -0.3 is 14.6 Å². The highest BCUT2D eigenvalue weighted by molar-refractivity contribution is 5.75. The van der Waals surface area contributed by atoms with E-state index in [1.807, 2.05) is 25.1 Å². The minimum Gasteiger partial charge on any atom is -0.439 e. The van der Waals surface area contributed by atoms with E-state index >= 15 is 0 Å². The Kier molecular flexibility index (Phi) is 5.14. The zero-order valence-corrected chi connectivity index (χ0v) is 15.5. The Balaban J connectivity index is 1.33. The van der Waals surface area contributed by atoms with E-state index in [0.717, 1.165) is 29.8 Å². The third-order valence-corrected chi connectivity index (χ3v) is 4.35. The molecule has 4 rings (SSSR count). The predicted molar refractivity (Wildman–Crippen MR) is 106 cm³/mol. The van der Waals surface area contributed by atoms with Gasteiger partial charge in [0.1, 0.15) is 17.4 Å². The van der Waals surface area contributed by atoms with Crippen molar-refractivity contribution < 1.29 is 9.13 Å². The van der Waals surface area contributed by atoms with Crippen LogP contribution in [0.25, 0.3) is 11.0 Å². The SMILES string of the molecule is Cc1nc2ccccc2n1CCCNc1nccc(Oc2ccc(F)cc2)n1. The summed E-state index contributed by atoms with van der Waals surface area (Å²) in [5, 5.41) is 3.21. The summed E-state index contributed by atoms with van der Waals surface area (Å²) in [6.07, 6.45) is 2.52. The van der Waals surface area contributed by atoms with Crippen LogP contribution in [-0.4, -0.2) is 26.1 Å². The van der Waals surface area contributed by atoms with E-state index in [4.69, 9.17) is 4.74 Å². The first-order chi connectivity index (χ1) is 13.7. The van der Waals surface area contributed by atoms with Gasteiger partial charge in [-0.1, -0.05) is 12.1 Å². The number of para-hydroxylation sites is 2. The molecule has 0 saturated heterocycles. The summed E-state index contributed by atoms with van der Waals surface area (Å²) in [6.45, 7) is 3.59. The van der Waals surface area contributed by atoms with E-state index in [-0.39, 0.29) is 5.82 Å². The van der Waals surface area contributed by atoms with E-state index in [2.05, 4.69) is 30.9 Å². The maximum atomic E-state index is 13.0. The Morgan fingerprint density at radius 3 is 2.71 bits per heavy atom. The molecule has 6 nitrogen and oxygen atoms in total. The van der Waals surface area contributed by atoms with Gasteiger partial charge in [0, 0.05) is 25.4 Å². The lowest BCUT2D eigenvalue weighted by molar-refractivity contribution is 0.460. The number of aryl methyl sites for hydroxylation is 2. The zero-order valence-electron chi connectivity index (χ0n) is 15.5. The largest absolute Gasteiger partial charge is 0.439 e. The minimum absolute atomic E-state index is 0.307. The van der Waals surface area contributed by atoms with Crippen LogP contribution in [0, 0.1) is 12.7 Å². The van der Waals surface area contributed by atoms with Crippen molar-refractivity contribution in [1.29, 1.82) is 0 Å². The monoisotopic (exact) mass is 377 g/mol. The molecule has 2 aromatic carbocycles. The number of benzene rings is 2. The van der Waals surface area contributed by atoms with Gasteiger partial charge >= 0.3 is 0 Å². The van der Waals surface area contributed by atoms with Gasteiger partial charge in [-0.15, -0.1) is 0 Å². The second kappa shape index (κ2) is 8.04. The number of ether oxygens (including phenoxy) is 1. The van der Waals surface area contributed by atoms with Crippen LogP contribution in [0.15, 0.2) is 60.8 Å². The van der Waals surface area contributed by atoms with Crippen molar-refractivity contribution in [1.82, 2.24) is 19.5 Å². The van der Waals surface area contributed by atoms with E-state index in [1.54, 1.807) is 24.4 Å². The Morgan fingerprint density at radius 2 is 1.86 bits per heavy atom. The second-order valence-electron chi connectivity index (χ2n) is 6.35. The number of hydrogen-bond donors (Lipinski definition) is 1. The van der Waals surface area contributed by atoms with E-state index < -0.39 is 0 Å². The summed E-state index contributed by atoms with van der Waals surface area (Å²) < 4.78 is 20.8. The molecule has 0 aliphatic heterocycles. The van der Waals surface area contributed by atoms with E-state index in [1.165, 1.54) is 12.1 Å². The van der Waals surface area contributed by atoms with Crippen LogP contribution < -0.4 is 10.1 Å². The average molecular weight is 377 g/mol. The summed E-state index contributed by atoms with van der Waals surface area (Å²) in [5.74, 6) is 2.12. The van der Waals surface area contributed by atoms with Crippen LogP contribution in [-0.2, 0) is 6.54 Å². The minimum atomic E-state index is -0.307. The summed E-state index contributed by atoms with van der Waals surface area (Å²) in [4.78, 5) is 13.1. The molecule has 0 saturated carbocycles. The lowest BCUT2D eigenvalue weighted by Crippen LogP contribution is -2.09. The molecule has 0 amide bonds. The fraction of sp³-hybridized carbons (Fsp3) is 0.190. The molecule has 0 fully saturated rings. The maximum Gasteiger partial charge on any atom is 0.225 e. The molecular formula is C21H20FN5O. The number of nitrogens with zero attached hydrogens (tertiary/aromatic N) is 4. The maximum absolute atomic E-state index is 13.0. The Hall–Kier alpha value is -3.48. The molecule has 0 unspecified atom stereocenters. The first-order valence-corrected chi connectivity index (χ1v) is 9.11. The van der Waals surface area contributed by atoms with Gasteiger partial charge in [0.2, 0.25) is 11.8 Å². The van der Waals surface area contributed by atoms with Gasteiger partial charge in [0.25, 0.3) is 0 Å². The van der Waals surface area contributed by atoms with Gasteiger partial charge in [-0.05, 0) is 49.7 Å². The summed E-state index contributed by atoms with van der Waals surface area (Å²) in [6, 6.07) is 15.6. The van der Waals surface area contributed by atoms with Crippen molar-refractivity contribution in [3.8, 4) is 11.6 Å². The highest BCUT2D eigenvalue weighted by atomic mass is 19.1. The third kappa shape index (κ3) is 4.09. The second-order valence-corrected chi connectivity index (χ2v) is 6.35. The van der Waals surface area contributed by atoms with E-state index in [9.17, 15) is 4.39 Å². The number of nitrogens with one attached hydrogen (secondary N) is 1. The normalized spacial score (nSPS) is 10.9. The van der Waals surface area contributed by atoms with Crippen LogP contribution in [0.4, 0.5) is 10.3 Å². The number of imidazole rings is 1. The molecule has 1 N–H and O–H groups in total. The number of hydrogen-bond acceptors (Lipinski definition) is 5. The molecule has 142 valence electrons. The van der Waals surface area contributed by atoms with Crippen molar-refractivity contribution in [2.45, 2.75) is 19.9 Å². The molecule has 0 radical (unpaired) electrons. The lowest BCUT2D eigenvalue weighted by atomic mass is 10.3. The molecule has 4 aromatic rings. The van der Waals surface area contributed by atoms with Gasteiger partial charge in [-0.3, -0.25) is 0 Å². The summed E-state index contributed by atoms with van der Waals surface area (Å²) in [5.41, 5.74) is 2.16. The molecule has 7 heteroatoms. The molecule has 2 aromatic heterocycles. The fourth-order valence-electron chi connectivity index (χ4n) is 3.02. The number of aromatic nitrogens is 4. The molecule has 0 aliphatic carbocycles. The molecule has 0 aliphatic rings. The highest BCUT2D eigenvalue weighted by Crippen LogP contribution is 2.20. The van der Waals surface area contributed by atoms with Crippen molar-refractivity contribution in [3.05, 3.63) is 72.4 Å². The summed E-state index contributed by atoms with van der Waals surface area (Å²) in [7, 11) is 0. The first-order valence-electron chi connectivity index (χ1n) is 9.11. The van der Waals surface area contributed by atoms with Crippen molar-refractivity contribution in [2.75, 3.05) is 11.9 Å². The fourth-order valence-corrected chi connectivity index (χ4v) is 3.02. The molecule has 0 atom stereocenters. The van der Waals surface area contributed by atoms with Gasteiger partial charge in [-0.25, -0.2) is 14.4 Å². The van der Waals surface area contributed by atoms with Crippen LogP contribution >= 0.6 is 0 Å². The third-order valence-electron chi connectivity index (χ3n) is 4.35.